The van der Waals surface area contributed by atoms with Crippen LogP contribution in [0.15, 0.2) is 65.7 Å². The molecule has 1 aromatic heterocycles. The normalized spacial score (nSPS) is 11.1. The molecular weight excluding hydrogens is 376 g/mol. The van der Waals surface area contributed by atoms with Gasteiger partial charge in [0.15, 0.2) is 11.6 Å². The van der Waals surface area contributed by atoms with Gasteiger partial charge in [0.1, 0.15) is 17.3 Å². The van der Waals surface area contributed by atoms with Crippen LogP contribution in [-0.4, -0.2) is 20.5 Å². The molecule has 0 atom stereocenters. The number of sulfonamides is 1. The van der Waals surface area contributed by atoms with Gasteiger partial charge in [-0.15, -0.1) is 0 Å². The summed E-state index contributed by atoms with van der Waals surface area (Å²) in [5.74, 6) is 0.733. The molecule has 0 aliphatic carbocycles. The van der Waals surface area contributed by atoms with Crippen molar-refractivity contribution in [1.82, 2.24) is 4.98 Å². The number of rotatable bonds is 7. The lowest BCUT2D eigenvalue weighted by molar-refractivity contribution is 0.306. The molecule has 0 saturated carbocycles. The molecule has 1 N–H and O–H groups in total. The summed E-state index contributed by atoms with van der Waals surface area (Å²) in [5.41, 5.74) is 2.91. The van der Waals surface area contributed by atoms with Crippen LogP contribution in [0.1, 0.15) is 16.7 Å². The highest BCUT2D eigenvalue weighted by molar-refractivity contribution is 7.92. The molecular formula is C21H22N2O4S. The fourth-order valence-corrected chi connectivity index (χ4v) is 3.96. The van der Waals surface area contributed by atoms with Crippen LogP contribution in [0.4, 0.5) is 5.82 Å². The maximum absolute atomic E-state index is 12.9. The van der Waals surface area contributed by atoms with Gasteiger partial charge in [-0.25, -0.2) is 13.4 Å². The summed E-state index contributed by atoms with van der Waals surface area (Å²) >= 11 is 0. The molecule has 0 spiro atoms. The molecule has 0 bridgehead atoms. The van der Waals surface area contributed by atoms with E-state index >= 15 is 0 Å². The molecule has 0 aliphatic heterocycles. The van der Waals surface area contributed by atoms with Crippen LogP contribution in [-0.2, 0) is 16.6 Å². The van der Waals surface area contributed by atoms with Gasteiger partial charge >= 0.3 is 0 Å². The minimum Gasteiger partial charge on any atom is -0.495 e. The summed E-state index contributed by atoms with van der Waals surface area (Å²) in [4.78, 5) is 4.19. The van der Waals surface area contributed by atoms with E-state index in [0.29, 0.717) is 12.4 Å². The Morgan fingerprint density at radius 3 is 2.54 bits per heavy atom. The van der Waals surface area contributed by atoms with E-state index in [1.807, 2.05) is 38.1 Å². The van der Waals surface area contributed by atoms with Crippen LogP contribution in [0, 0.1) is 13.8 Å². The van der Waals surface area contributed by atoms with Gasteiger partial charge in [0.2, 0.25) is 0 Å². The number of methoxy groups -OCH3 is 1. The van der Waals surface area contributed by atoms with Gasteiger partial charge in [-0.05, 0) is 54.8 Å². The van der Waals surface area contributed by atoms with Crippen molar-refractivity contribution in [1.29, 1.82) is 0 Å². The molecule has 7 heteroatoms. The number of hydrogen-bond acceptors (Lipinski definition) is 5. The van der Waals surface area contributed by atoms with Crippen molar-refractivity contribution in [3.8, 4) is 11.5 Å². The Balaban J connectivity index is 1.87. The zero-order valence-electron chi connectivity index (χ0n) is 16.0. The van der Waals surface area contributed by atoms with Gasteiger partial charge in [-0.3, -0.25) is 4.72 Å². The van der Waals surface area contributed by atoms with Crippen LogP contribution in [0.3, 0.4) is 0 Å². The van der Waals surface area contributed by atoms with E-state index in [1.54, 1.807) is 30.3 Å². The van der Waals surface area contributed by atoms with Gasteiger partial charge < -0.3 is 9.47 Å². The number of pyridine rings is 1. The first kappa shape index (κ1) is 19.7. The van der Waals surface area contributed by atoms with Crippen molar-refractivity contribution >= 4 is 15.8 Å². The van der Waals surface area contributed by atoms with Crippen LogP contribution >= 0.6 is 0 Å². The molecule has 0 amide bonds. The van der Waals surface area contributed by atoms with Crippen molar-refractivity contribution in [3.63, 3.8) is 0 Å². The predicted molar refractivity (Wildman–Crippen MR) is 108 cm³/mol. The smallest absolute Gasteiger partial charge is 0.266 e. The lowest BCUT2D eigenvalue weighted by Gasteiger charge is -2.15. The average molecular weight is 398 g/mol. The van der Waals surface area contributed by atoms with E-state index in [-0.39, 0.29) is 16.5 Å². The molecule has 0 aliphatic rings. The lowest BCUT2D eigenvalue weighted by Crippen LogP contribution is -2.16. The zero-order chi connectivity index (χ0) is 20.1. The van der Waals surface area contributed by atoms with Crippen LogP contribution in [0.2, 0.25) is 0 Å². The molecule has 1 heterocycles. The Morgan fingerprint density at radius 2 is 1.79 bits per heavy atom. The van der Waals surface area contributed by atoms with E-state index in [4.69, 9.17) is 9.47 Å². The number of nitrogens with one attached hydrogen (secondary N) is 1. The minimum atomic E-state index is -3.91. The van der Waals surface area contributed by atoms with Crippen molar-refractivity contribution in [3.05, 3.63) is 77.5 Å². The maximum Gasteiger partial charge on any atom is 0.266 e. The molecule has 0 fully saturated rings. The summed E-state index contributed by atoms with van der Waals surface area (Å²) in [6.45, 7) is 4.12. The van der Waals surface area contributed by atoms with Gasteiger partial charge in [0.05, 0.1) is 7.11 Å². The molecule has 28 heavy (non-hydrogen) atoms. The molecule has 0 saturated heterocycles. The first-order valence-corrected chi connectivity index (χ1v) is 10.2. The molecule has 2 aromatic carbocycles. The van der Waals surface area contributed by atoms with E-state index in [1.165, 1.54) is 13.3 Å². The second-order valence-corrected chi connectivity index (χ2v) is 7.98. The molecule has 3 aromatic rings. The third-order valence-electron chi connectivity index (χ3n) is 4.25. The Labute approximate surface area is 165 Å². The van der Waals surface area contributed by atoms with E-state index in [2.05, 4.69) is 9.71 Å². The number of hydrogen-bond donors (Lipinski definition) is 1. The van der Waals surface area contributed by atoms with Crippen LogP contribution in [0.5, 0.6) is 11.5 Å². The van der Waals surface area contributed by atoms with Gasteiger partial charge in [0, 0.05) is 6.20 Å². The summed E-state index contributed by atoms with van der Waals surface area (Å²) < 4.78 is 39.4. The molecule has 6 nitrogen and oxygen atoms in total. The fraction of sp³-hybridized carbons (Fsp3) is 0.190. The third kappa shape index (κ3) is 4.43. The van der Waals surface area contributed by atoms with Crippen molar-refractivity contribution < 1.29 is 17.9 Å². The first-order chi connectivity index (χ1) is 13.4. The Hall–Kier alpha value is -3.06. The van der Waals surface area contributed by atoms with Gasteiger partial charge in [-0.1, -0.05) is 30.3 Å². The highest BCUT2D eigenvalue weighted by atomic mass is 32.2. The SMILES string of the molecule is COc1ccc(C)cc1S(=O)(=O)Nc1ncccc1OCc1ccccc1C. The number of nitrogens with zero attached hydrogens (tertiary/aromatic N) is 1. The number of aromatic nitrogens is 1. The lowest BCUT2D eigenvalue weighted by atomic mass is 10.1. The van der Waals surface area contributed by atoms with Gasteiger partial charge in [-0.2, -0.15) is 0 Å². The third-order valence-corrected chi connectivity index (χ3v) is 5.61. The zero-order valence-corrected chi connectivity index (χ0v) is 16.8. The number of aryl methyl sites for hydroxylation is 2. The predicted octanol–water partition coefficient (Wildman–Crippen LogP) is 4.09. The summed E-state index contributed by atoms with van der Waals surface area (Å²) in [6, 6.07) is 16.2. The van der Waals surface area contributed by atoms with E-state index in [0.717, 1.165) is 16.7 Å². The van der Waals surface area contributed by atoms with E-state index < -0.39 is 10.0 Å². The van der Waals surface area contributed by atoms with E-state index in [9.17, 15) is 8.42 Å². The molecule has 146 valence electrons. The standard InChI is InChI=1S/C21H22N2O4S/c1-15-10-11-18(26-3)20(13-15)28(24,25)23-21-19(9-6-12-22-21)27-14-17-8-5-4-7-16(17)2/h4-13H,14H2,1-3H3,(H,22,23). The topological polar surface area (TPSA) is 77.5 Å². The Kier molecular flexibility index (Phi) is 5.84. The summed E-state index contributed by atoms with van der Waals surface area (Å²) in [6.07, 6.45) is 1.51. The molecule has 0 unspecified atom stereocenters. The first-order valence-electron chi connectivity index (χ1n) is 8.70. The quantitative estimate of drug-likeness (QED) is 0.649. The second-order valence-electron chi connectivity index (χ2n) is 6.33. The second kappa shape index (κ2) is 8.31. The van der Waals surface area contributed by atoms with Crippen LogP contribution < -0.4 is 14.2 Å². The monoisotopic (exact) mass is 398 g/mol. The largest absolute Gasteiger partial charge is 0.495 e. The molecule has 3 rings (SSSR count). The highest BCUT2D eigenvalue weighted by Crippen LogP contribution is 2.29. The number of benzene rings is 2. The molecule has 0 radical (unpaired) electrons. The fourth-order valence-electron chi connectivity index (χ4n) is 2.69. The average Bonchev–Trinajstić information content (AvgIpc) is 2.68. The number of anilines is 1. The Morgan fingerprint density at radius 1 is 1.00 bits per heavy atom. The number of ether oxygens (including phenoxy) is 2. The van der Waals surface area contributed by atoms with Gasteiger partial charge in [0.25, 0.3) is 10.0 Å². The Bertz CT molecular complexity index is 1080. The highest BCUT2D eigenvalue weighted by Gasteiger charge is 2.22. The van der Waals surface area contributed by atoms with Crippen LogP contribution in [0.25, 0.3) is 0 Å². The summed E-state index contributed by atoms with van der Waals surface area (Å²) in [7, 11) is -2.48. The minimum absolute atomic E-state index is 0.0468. The van der Waals surface area contributed by atoms with Crippen molar-refractivity contribution in [2.45, 2.75) is 25.3 Å². The maximum atomic E-state index is 12.9. The van der Waals surface area contributed by atoms with Crippen molar-refractivity contribution in [2.75, 3.05) is 11.8 Å². The van der Waals surface area contributed by atoms with Crippen molar-refractivity contribution in [2.24, 2.45) is 0 Å². The summed E-state index contributed by atoms with van der Waals surface area (Å²) in [5, 5.41) is 0.